The maximum atomic E-state index is 13.1. The van der Waals surface area contributed by atoms with Crippen LogP contribution < -0.4 is 5.32 Å². The summed E-state index contributed by atoms with van der Waals surface area (Å²) in [6.45, 7) is 2.78. The number of rotatable bonds is 7. The molecule has 1 N–H and O–H groups in total. The van der Waals surface area contributed by atoms with E-state index in [1.54, 1.807) is 0 Å². The van der Waals surface area contributed by atoms with Gasteiger partial charge >= 0.3 is 0 Å². The standard InChI is InChI=1S/C14H18F2N2O2/c1-2-17-13(9-3-4-9)7-10-5-6-11(18(19)20)8-12(10)14(15)16/h5-6,8-9,13-14,17H,2-4,7H2,1H3. The van der Waals surface area contributed by atoms with E-state index in [1.807, 2.05) is 6.92 Å². The van der Waals surface area contributed by atoms with Gasteiger partial charge in [0.05, 0.1) is 4.92 Å². The minimum atomic E-state index is -2.69. The first kappa shape index (κ1) is 14.8. The topological polar surface area (TPSA) is 55.2 Å². The number of hydrogen-bond donors (Lipinski definition) is 1. The highest BCUT2D eigenvalue weighted by molar-refractivity contribution is 5.41. The van der Waals surface area contributed by atoms with Gasteiger partial charge in [-0.05, 0) is 37.3 Å². The molecule has 1 atom stereocenters. The summed E-state index contributed by atoms with van der Waals surface area (Å²) in [5.74, 6) is 0.538. The predicted octanol–water partition coefficient (Wildman–Crippen LogP) is 3.46. The molecule has 0 bridgehead atoms. The largest absolute Gasteiger partial charge is 0.314 e. The molecule has 0 aromatic heterocycles. The maximum absolute atomic E-state index is 13.1. The van der Waals surface area contributed by atoms with Gasteiger partial charge in [0.1, 0.15) is 0 Å². The Kier molecular flexibility index (Phi) is 4.65. The second-order valence-electron chi connectivity index (χ2n) is 5.15. The van der Waals surface area contributed by atoms with Crippen molar-refractivity contribution in [3.63, 3.8) is 0 Å². The normalized spacial score (nSPS) is 16.4. The van der Waals surface area contributed by atoms with Crippen LogP contribution in [-0.4, -0.2) is 17.5 Å². The first-order chi connectivity index (χ1) is 9.52. The van der Waals surface area contributed by atoms with Gasteiger partial charge in [0.15, 0.2) is 0 Å². The molecule has 0 amide bonds. The van der Waals surface area contributed by atoms with E-state index in [0.29, 0.717) is 17.9 Å². The number of nitrogens with zero attached hydrogens (tertiary/aromatic N) is 1. The number of likely N-dealkylation sites (N-methyl/N-ethyl adjacent to an activating group) is 1. The Bertz CT molecular complexity index is 490. The molecular weight excluding hydrogens is 266 g/mol. The maximum Gasteiger partial charge on any atom is 0.269 e. The molecule has 1 aromatic carbocycles. The zero-order valence-corrected chi connectivity index (χ0v) is 11.3. The SMILES string of the molecule is CCNC(Cc1ccc([N+](=O)[O-])cc1C(F)F)C1CC1. The first-order valence-corrected chi connectivity index (χ1v) is 6.81. The Balaban J connectivity index is 2.23. The molecule has 1 aromatic rings. The monoisotopic (exact) mass is 284 g/mol. The third-order valence-electron chi connectivity index (χ3n) is 3.67. The Morgan fingerprint density at radius 2 is 2.15 bits per heavy atom. The van der Waals surface area contributed by atoms with Crippen LogP contribution in [0.3, 0.4) is 0 Å². The van der Waals surface area contributed by atoms with Crippen LogP contribution >= 0.6 is 0 Å². The fourth-order valence-corrected chi connectivity index (χ4v) is 2.49. The smallest absolute Gasteiger partial charge is 0.269 e. The van der Waals surface area contributed by atoms with E-state index in [9.17, 15) is 18.9 Å². The number of alkyl halides is 2. The quantitative estimate of drug-likeness (QED) is 0.616. The highest BCUT2D eigenvalue weighted by atomic mass is 19.3. The van der Waals surface area contributed by atoms with Crippen LogP contribution in [0.4, 0.5) is 14.5 Å². The van der Waals surface area contributed by atoms with Gasteiger partial charge in [-0.15, -0.1) is 0 Å². The Hall–Kier alpha value is -1.56. The lowest BCUT2D eigenvalue weighted by atomic mass is 9.97. The number of benzene rings is 1. The molecule has 1 aliphatic rings. The Morgan fingerprint density at radius 3 is 2.65 bits per heavy atom. The van der Waals surface area contributed by atoms with Crippen molar-refractivity contribution in [2.24, 2.45) is 5.92 Å². The molecule has 0 heterocycles. The van der Waals surface area contributed by atoms with Gasteiger partial charge in [-0.25, -0.2) is 8.78 Å². The van der Waals surface area contributed by atoms with Crippen LogP contribution in [0, 0.1) is 16.0 Å². The Labute approximate surface area is 116 Å². The van der Waals surface area contributed by atoms with Crippen molar-refractivity contribution in [1.82, 2.24) is 5.32 Å². The molecule has 0 radical (unpaired) electrons. The average Bonchev–Trinajstić information content (AvgIpc) is 3.22. The van der Waals surface area contributed by atoms with Crippen molar-refractivity contribution in [2.75, 3.05) is 6.54 Å². The molecule has 1 saturated carbocycles. The molecule has 1 unspecified atom stereocenters. The van der Waals surface area contributed by atoms with E-state index in [0.717, 1.165) is 25.5 Å². The highest BCUT2D eigenvalue weighted by Gasteiger charge is 2.31. The number of non-ortho nitro benzene ring substituents is 1. The molecule has 0 saturated heterocycles. The van der Waals surface area contributed by atoms with Crippen LogP contribution in [0.25, 0.3) is 0 Å². The van der Waals surface area contributed by atoms with Crippen molar-refractivity contribution >= 4 is 5.69 Å². The summed E-state index contributed by atoms with van der Waals surface area (Å²) < 4.78 is 26.2. The van der Waals surface area contributed by atoms with Crippen molar-refractivity contribution in [3.8, 4) is 0 Å². The summed E-state index contributed by atoms with van der Waals surface area (Å²) >= 11 is 0. The number of hydrogen-bond acceptors (Lipinski definition) is 3. The molecule has 20 heavy (non-hydrogen) atoms. The van der Waals surface area contributed by atoms with E-state index in [2.05, 4.69) is 5.32 Å². The predicted molar refractivity (Wildman–Crippen MR) is 71.9 cm³/mol. The van der Waals surface area contributed by atoms with Gasteiger partial charge in [0.2, 0.25) is 0 Å². The fourth-order valence-electron chi connectivity index (χ4n) is 2.49. The number of nitro benzene ring substituents is 1. The van der Waals surface area contributed by atoms with Gasteiger partial charge in [0.25, 0.3) is 12.1 Å². The summed E-state index contributed by atoms with van der Waals surface area (Å²) in [6.07, 6.45) is 0.0471. The van der Waals surface area contributed by atoms with E-state index < -0.39 is 11.3 Å². The fraction of sp³-hybridized carbons (Fsp3) is 0.571. The zero-order valence-electron chi connectivity index (χ0n) is 11.3. The molecule has 2 rings (SSSR count). The zero-order chi connectivity index (χ0) is 14.7. The summed E-state index contributed by atoms with van der Waals surface area (Å²) in [5, 5.41) is 14.0. The van der Waals surface area contributed by atoms with Crippen molar-refractivity contribution in [3.05, 3.63) is 39.4 Å². The van der Waals surface area contributed by atoms with Crippen LogP contribution in [0.5, 0.6) is 0 Å². The number of halogens is 2. The van der Waals surface area contributed by atoms with E-state index in [4.69, 9.17) is 0 Å². The second-order valence-corrected chi connectivity index (χ2v) is 5.15. The highest BCUT2D eigenvalue weighted by Crippen LogP contribution is 2.36. The van der Waals surface area contributed by atoms with Crippen molar-refractivity contribution in [2.45, 2.75) is 38.7 Å². The van der Waals surface area contributed by atoms with Gasteiger partial charge in [-0.2, -0.15) is 0 Å². The summed E-state index contributed by atoms with van der Waals surface area (Å²) in [6, 6.07) is 3.94. The first-order valence-electron chi connectivity index (χ1n) is 6.81. The second kappa shape index (κ2) is 6.26. The van der Waals surface area contributed by atoms with Crippen molar-refractivity contribution < 1.29 is 13.7 Å². The summed E-state index contributed by atoms with van der Waals surface area (Å²) in [5.41, 5.74) is 0.00155. The number of nitro groups is 1. The minimum absolute atomic E-state index is 0.180. The lowest BCUT2D eigenvalue weighted by Crippen LogP contribution is -2.33. The van der Waals surface area contributed by atoms with E-state index >= 15 is 0 Å². The van der Waals surface area contributed by atoms with Crippen LogP contribution in [0.2, 0.25) is 0 Å². The van der Waals surface area contributed by atoms with E-state index in [1.165, 1.54) is 12.1 Å². The van der Waals surface area contributed by atoms with Crippen molar-refractivity contribution in [1.29, 1.82) is 0 Å². The van der Waals surface area contributed by atoms with E-state index in [-0.39, 0.29) is 17.3 Å². The molecule has 0 spiro atoms. The summed E-state index contributed by atoms with van der Waals surface area (Å²) in [4.78, 5) is 10.0. The van der Waals surface area contributed by atoms with Gasteiger partial charge in [-0.1, -0.05) is 13.0 Å². The van der Waals surface area contributed by atoms with Gasteiger partial charge < -0.3 is 5.32 Å². The molecule has 0 aliphatic heterocycles. The molecule has 1 aliphatic carbocycles. The molecular formula is C14H18F2N2O2. The van der Waals surface area contributed by atoms with Gasteiger partial charge in [0, 0.05) is 23.7 Å². The molecule has 6 heteroatoms. The molecule has 1 fully saturated rings. The molecule has 4 nitrogen and oxygen atoms in total. The lowest BCUT2D eigenvalue weighted by Gasteiger charge is -2.19. The lowest BCUT2D eigenvalue weighted by molar-refractivity contribution is -0.385. The third kappa shape index (κ3) is 3.50. The number of nitrogens with one attached hydrogen (secondary N) is 1. The minimum Gasteiger partial charge on any atom is -0.314 e. The van der Waals surface area contributed by atoms with Crippen LogP contribution in [-0.2, 0) is 6.42 Å². The van der Waals surface area contributed by atoms with Gasteiger partial charge in [-0.3, -0.25) is 10.1 Å². The molecule has 110 valence electrons. The Morgan fingerprint density at radius 1 is 1.45 bits per heavy atom. The average molecular weight is 284 g/mol. The summed E-state index contributed by atoms with van der Waals surface area (Å²) in [7, 11) is 0. The van der Waals surface area contributed by atoms with Crippen LogP contribution in [0.1, 0.15) is 37.3 Å². The third-order valence-corrected chi connectivity index (χ3v) is 3.67. The van der Waals surface area contributed by atoms with Crippen LogP contribution in [0.15, 0.2) is 18.2 Å².